The minimum Gasteiger partial charge on any atom is -0.478 e. The fraction of sp³-hybridized carbons (Fsp3) is 0.381. The number of aromatic nitrogens is 2. The van der Waals surface area contributed by atoms with E-state index in [1.165, 1.54) is 19.3 Å². The van der Waals surface area contributed by atoms with Crippen molar-refractivity contribution in [2.24, 2.45) is 0 Å². The van der Waals surface area contributed by atoms with Crippen LogP contribution < -0.4 is 4.74 Å². The normalized spacial score (nSPS) is 15.4. The van der Waals surface area contributed by atoms with E-state index in [0.717, 1.165) is 29.9 Å². The monoisotopic (exact) mass is 401 g/mol. The molecule has 1 aliphatic heterocycles. The van der Waals surface area contributed by atoms with Gasteiger partial charge < -0.3 is 14.9 Å². The summed E-state index contributed by atoms with van der Waals surface area (Å²) < 4.78 is 6.07. The van der Waals surface area contributed by atoms with Crippen molar-refractivity contribution < 1.29 is 24.5 Å². The summed E-state index contributed by atoms with van der Waals surface area (Å²) in [5.74, 6) is -1.80. The van der Waals surface area contributed by atoms with Crippen molar-refractivity contribution in [3.8, 4) is 17.1 Å². The molecule has 1 aromatic carbocycles. The fourth-order valence-electron chi connectivity index (χ4n) is 3.04. The maximum atomic E-state index is 9.55. The largest absolute Gasteiger partial charge is 0.478 e. The van der Waals surface area contributed by atoms with Crippen molar-refractivity contribution in [1.29, 1.82) is 0 Å². The highest BCUT2D eigenvalue weighted by Crippen LogP contribution is 2.28. The predicted octanol–water partition coefficient (Wildman–Crippen LogP) is 3.31. The number of carboxylic acids is 2. The Morgan fingerprint density at radius 2 is 1.69 bits per heavy atom. The molecule has 8 heteroatoms. The summed E-state index contributed by atoms with van der Waals surface area (Å²) in [6.45, 7) is 6.41. The average molecular weight is 401 g/mol. The smallest absolute Gasteiger partial charge is 0.328 e. The molecule has 3 rings (SSSR count). The van der Waals surface area contributed by atoms with E-state index in [-0.39, 0.29) is 6.23 Å². The number of piperidine rings is 1. The molecule has 1 unspecified atom stereocenters. The molecule has 29 heavy (non-hydrogen) atoms. The molecule has 0 spiro atoms. The second kappa shape index (κ2) is 11.0. The van der Waals surface area contributed by atoms with Crippen molar-refractivity contribution in [1.82, 2.24) is 15.1 Å². The van der Waals surface area contributed by atoms with Crippen molar-refractivity contribution in [2.75, 3.05) is 13.1 Å². The van der Waals surface area contributed by atoms with Crippen molar-refractivity contribution in [2.45, 2.75) is 39.3 Å². The van der Waals surface area contributed by atoms with Crippen molar-refractivity contribution in [3.63, 3.8) is 0 Å². The van der Waals surface area contributed by atoms with E-state index in [2.05, 4.69) is 41.1 Å². The lowest BCUT2D eigenvalue weighted by Crippen LogP contribution is -2.40. The number of likely N-dealkylation sites (tertiary alicyclic amines) is 1. The predicted molar refractivity (Wildman–Crippen MR) is 109 cm³/mol. The van der Waals surface area contributed by atoms with Crippen molar-refractivity contribution >= 4 is 11.9 Å². The number of rotatable bonds is 6. The van der Waals surface area contributed by atoms with Gasteiger partial charge in [0.15, 0.2) is 6.23 Å². The van der Waals surface area contributed by atoms with E-state index < -0.39 is 11.9 Å². The van der Waals surface area contributed by atoms with E-state index in [1.54, 1.807) is 0 Å². The number of aliphatic carboxylic acids is 2. The number of aromatic amines is 1. The summed E-state index contributed by atoms with van der Waals surface area (Å²) >= 11 is 0. The number of hydrogen-bond donors (Lipinski definition) is 3. The fourth-order valence-corrected chi connectivity index (χ4v) is 3.04. The Kier molecular flexibility index (Phi) is 8.42. The molecular weight excluding hydrogens is 374 g/mol. The maximum Gasteiger partial charge on any atom is 0.328 e. The third kappa shape index (κ3) is 7.08. The van der Waals surface area contributed by atoms with Crippen molar-refractivity contribution in [3.05, 3.63) is 48.0 Å². The topological polar surface area (TPSA) is 116 Å². The summed E-state index contributed by atoms with van der Waals surface area (Å²) in [5.41, 5.74) is 3.25. The summed E-state index contributed by atoms with van der Waals surface area (Å²) in [7, 11) is 0. The molecule has 1 saturated heterocycles. The molecule has 0 radical (unpaired) electrons. The van der Waals surface area contributed by atoms with E-state index in [1.807, 2.05) is 18.2 Å². The zero-order valence-electron chi connectivity index (χ0n) is 16.7. The number of ether oxygens (including phenoxy) is 1. The molecule has 1 atom stereocenters. The second-order valence-electron chi connectivity index (χ2n) is 6.72. The van der Waals surface area contributed by atoms with Gasteiger partial charge in [0.1, 0.15) is 0 Å². The van der Waals surface area contributed by atoms with Crippen LogP contribution >= 0.6 is 0 Å². The highest BCUT2D eigenvalue weighted by molar-refractivity contribution is 5.89. The number of benzene rings is 1. The van der Waals surface area contributed by atoms with Crippen LogP contribution in [0.25, 0.3) is 11.3 Å². The SMILES string of the molecule is Cc1c(OC(C)N2CCCCC2)n[nH]c1-c1ccccc1.O=C(O)/C=C\C(=O)O. The van der Waals surface area contributed by atoms with Gasteiger partial charge >= 0.3 is 11.9 Å². The van der Waals surface area contributed by atoms with Crippen LogP contribution in [0.4, 0.5) is 0 Å². The number of carboxylic acid groups (broad SMARTS) is 2. The summed E-state index contributed by atoms with van der Waals surface area (Å²) in [6.07, 6.45) is 5.06. The summed E-state index contributed by atoms with van der Waals surface area (Å²) in [6, 6.07) is 10.3. The third-order valence-corrected chi connectivity index (χ3v) is 4.58. The van der Waals surface area contributed by atoms with Crippen LogP contribution in [-0.2, 0) is 9.59 Å². The van der Waals surface area contributed by atoms with Crippen LogP contribution in [0, 0.1) is 6.92 Å². The average Bonchev–Trinajstić information content (AvgIpc) is 3.08. The Labute approximate surface area is 169 Å². The van der Waals surface area contributed by atoms with Crippen LogP contribution in [0.3, 0.4) is 0 Å². The Morgan fingerprint density at radius 3 is 2.24 bits per heavy atom. The molecule has 0 aliphatic carbocycles. The number of nitrogens with zero attached hydrogens (tertiary/aromatic N) is 2. The Balaban J connectivity index is 0.000000321. The van der Waals surface area contributed by atoms with Gasteiger partial charge in [0.2, 0.25) is 5.88 Å². The minimum absolute atomic E-state index is 0.0796. The van der Waals surface area contributed by atoms with Gasteiger partial charge in [-0.3, -0.25) is 10.00 Å². The van der Waals surface area contributed by atoms with Gasteiger partial charge in [0.05, 0.1) is 5.69 Å². The first kappa shape index (κ1) is 22.2. The van der Waals surface area contributed by atoms with Gasteiger partial charge in [-0.15, -0.1) is 5.10 Å². The molecule has 1 aliphatic rings. The van der Waals surface area contributed by atoms with Gasteiger partial charge in [-0.05, 0) is 32.3 Å². The molecule has 0 saturated carbocycles. The molecule has 2 aromatic rings. The number of H-pyrrole nitrogens is 1. The number of carbonyl (C=O) groups is 2. The Hall–Kier alpha value is -3.13. The molecular formula is C21H27N3O5. The van der Waals surface area contributed by atoms with Gasteiger partial charge in [0, 0.05) is 30.8 Å². The van der Waals surface area contributed by atoms with Crippen LogP contribution in [0.1, 0.15) is 31.7 Å². The molecule has 2 heterocycles. The molecule has 1 aromatic heterocycles. The lowest BCUT2D eigenvalue weighted by Gasteiger charge is -2.31. The van der Waals surface area contributed by atoms with Gasteiger partial charge in [-0.2, -0.15) is 0 Å². The van der Waals surface area contributed by atoms with Crippen LogP contribution in [0.5, 0.6) is 5.88 Å². The standard InChI is InChI=1S/C17H23N3O.C4H4O4/c1-13-16(15-9-5-3-6-10-15)18-19-17(13)21-14(2)20-11-7-4-8-12-20;5-3(6)1-2-4(7)8/h3,5-6,9-10,14H,4,7-8,11-12H2,1-2H3,(H,18,19);1-2H,(H,5,6)(H,7,8)/b;2-1-. The molecule has 3 N–H and O–H groups in total. The highest BCUT2D eigenvalue weighted by atomic mass is 16.5. The molecule has 1 fully saturated rings. The first-order valence-corrected chi connectivity index (χ1v) is 9.53. The zero-order chi connectivity index (χ0) is 21.2. The first-order chi connectivity index (χ1) is 13.9. The molecule has 156 valence electrons. The summed E-state index contributed by atoms with van der Waals surface area (Å²) in [4.78, 5) is 21.5. The van der Waals surface area contributed by atoms with Gasteiger partial charge in [-0.25, -0.2) is 9.59 Å². The molecule has 0 amide bonds. The van der Waals surface area contributed by atoms with Crippen LogP contribution in [0.15, 0.2) is 42.5 Å². The van der Waals surface area contributed by atoms with E-state index in [0.29, 0.717) is 18.0 Å². The second-order valence-corrected chi connectivity index (χ2v) is 6.72. The zero-order valence-corrected chi connectivity index (χ0v) is 16.7. The number of hydrogen-bond acceptors (Lipinski definition) is 5. The Bertz CT molecular complexity index is 810. The van der Waals surface area contributed by atoms with E-state index >= 15 is 0 Å². The first-order valence-electron chi connectivity index (χ1n) is 9.53. The van der Waals surface area contributed by atoms with E-state index in [4.69, 9.17) is 14.9 Å². The molecule has 8 nitrogen and oxygen atoms in total. The lowest BCUT2D eigenvalue weighted by atomic mass is 10.1. The third-order valence-electron chi connectivity index (χ3n) is 4.58. The van der Waals surface area contributed by atoms with Gasteiger partial charge in [0.25, 0.3) is 0 Å². The van der Waals surface area contributed by atoms with Crippen LogP contribution in [-0.4, -0.2) is 56.6 Å². The quantitative estimate of drug-likeness (QED) is 0.636. The molecule has 0 bridgehead atoms. The Morgan fingerprint density at radius 1 is 1.10 bits per heavy atom. The maximum absolute atomic E-state index is 9.55. The van der Waals surface area contributed by atoms with Gasteiger partial charge in [-0.1, -0.05) is 36.8 Å². The minimum atomic E-state index is -1.26. The highest BCUT2D eigenvalue weighted by Gasteiger charge is 2.20. The summed E-state index contributed by atoms with van der Waals surface area (Å²) in [5, 5.41) is 23.1. The van der Waals surface area contributed by atoms with E-state index in [9.17, 15) is 9.59 Å². The lowest BCUT2D eigenvalue weighted by molar-refractivity contribution is -0.134. The van der Waals surface area contributed by atoms with Crippen LogP contribution in [0.2, 0.25) is 0 Å². The number of nitrogens with one attached hydrogen (secondary N) is 1.